The number of carbonyl (C=O) groups is 1. The van der Waals surface area contributed by atoms with Crippen molar-refractivity contribution in [3.05, 3.63) is 252 Å². The van der Waals surface area contributed by atoms with Crippen LogP contribution in [0.3, 0.4) is 0 Å². The van der Waals surface area contributed by atoms with E-state index in [0.29, 0.717) is 35.7 Å². The van der Waals surface area contributed by atoms with Crippen LogP contribution >= 0.6 is 0 Å². The van der Waals surface area contributed by atoms with E-state index in [9.17, 15) is 4.79 Å². The van der Waals surface area contributed by atoms with Crippen LogP contribution < -0.4 is 14.4 Å². The predicted molar refractivity (Wildman–Crippen MR) is 326 cm³/mol. The molecule has 1 aliphatic carbocycles. The minimum Gasteiger partial charge on any atom is -0.492 e. The van der Waals surface area contributed by atoms with Crippen molar-refractivity contribution in [2.24, 2.45) is 0 Å². The van der Waals surface area contributed by atoms with Crippen LogP contribution in [0.2, 0.25) is 0 Å². The molecule has 390 valence electrons. The molecule has 1 saturated heterocycles. The minimum absolute atomic E-state index is 0.355. The van der Waals surface area contributed by atoms with Gasteiger partial charge in [-0.2, -0.15) is 0 Å². The molecule has 12 aromatic rings. The third kappa shape index (κ3) is 7.36. The Balaban J connectivity index is 0.821. The average molecular weight is 1040 g/mol. The molecule has 80 heavy (non-hydrogen) atoms. The molecular formula is C73H59N3O4. The molecule has 3 aliphatic rings. The van der Waals surface area contributed by atoms with Crippen molar-refractivity contribution in [1.29, 1.82) is 0 Å². The van der Waals surface area contributed by atoms with Gasteiger partial charge in [0, 0.05) is 84.6 Å². The van der Waals surface area contributed by atoms with Crippen molar-refractivity contribution in [2.75, 3.05) is 31.7 Å². The molecular weight excluding hydrogens is 983 g/mol. The Hall–Kier alpha value is -9.33. The first kappa shape index (κ1) is 47.8. The summed E-state index contributed by atoms with van der Waals surface area (Å²) in [5, 5.41) is 6.59. The van der Waals surface area contributed by atoms with Crippen LogP contribution in [0.15, 0.2) is 218 Å². The third-order valence-electron chi connectivity index (χ3n) is 17.7. The normalized spacial score (nSPS) is 16.2. The van der Waals surface area contributed by atoms with Crippen molar-refractivity contribution in [3.63, 3.8) is 0 Å². The van der Waals surface area contributed by atoms with Crippen LogP contribution in [-0.4, -0.2) is 41.9 Å². The van der Waals surface area contributed by atoms with E-state index < -0.39 is 17.0 Å². The first-order valence-electron chi connectivity index (χ1n) is 28.3. The lowest BCUT2D eigenvalue weighted by Crippen LogP contribution is -2.35. The summed E-state index contributed by atoms with van der Waals surface area (Å²) < 4.78 is 25.0. The standard InChI is InChI=1S/C73H59N3O4/c1-72(41-19-45-79-70-60-27-8-7-26-59(60)69-61(68(70)71(77)78-2)40-42-73(80-69,48-20-5-3-6-21-48)49-32-34-50(35-33-49)74-43-17-4-18-44-74)62-46-51(75-64-28-13-9-22-55(64)56-23-10-14-29-65(56)75)36-38-53(62)54-39-37-52(47-63(54)72)76-66-30-15-11-24-57(66)58-25-12-16-31-67(58)76/h3,5-16,20-40,42,46-47H,4,17-19,41,43-45H2,1-2H3. The molecule has 7 heteroatoms. The fourth-order valence-electron chi connectivity index (χ4n) is 13.9. The highest BCUT2D eigenvalue weighted by atomic mass is 16.5. The number of hydrogen-bond donors (Lipinski definition) is 0. The van der Waals surface area contributed by atoms with Gasteiger partial charge in [0.2, 0.25) is 0 Å². The summed E-state index contributed by atoms with van der Waals surface area (Å²) in [7, 11) is 1.44. The lowest BCUT2D eigenvalue weighted by atomic mass is 9.76. The zero-order valence-electron chi connectivity index (χ0n) is 45.0. The topological polar surface area (TPSA) is 57.9 Å². The number of anilines is 1. The number of piperidine rings is 1. The maximum absolute atomic E-state index is 14.4. The first-order valence-corrected chi connectivity index (χ1v) is 28.3. The number of fused-ring (bicyclic) bond motifs is 12. The molecule has 0 N–H and O–H groups in total. The van der Waals surface area contributed by atoms with Crippen LogP contribution in [0.1, 0.15) is 77.2 Å². The zero-order valence-corrected chi connectivity index (χ0v) is 45.0. The molecule has 15 rings (SSSR count). The van der Waals surface area contributed by atoms with Gasteiger partial charge in [0.15, 0.2) is 5.60 Å². The molecule has 10 aromatic carbocycles. The van der Waals surface area contributed by atoms with Gasteiger partial charge in [0.25, 0.3) is 0 Å². The number of nitrogens with zero attached hydrogens (tertiary/aromatic N) is 3. The van der Waals surface area contributed by atoms with Gasteiger partial charge in [-0.15, -0.1) is 0 Å². The van der Waals surface area contributed by atoms with Gasteiger partial charge in [0.1, 0.15) is 17.1 Å². The van der Waals surface area contributed by atoms with Crippen molar-refractivity contribution in [3.8, 4) is 34.0 Å². The Labute approximate surface area is 465 Å². The summed E-state index contributed by atoms with van der Waals surface area (Å²) in [5.74, 6) is 0.635. The lowest BCUT2D eigenvalue weighted by molar-refractivity contribution is 0.0594. The quantitative estimate of drug-likeness (QED) is 0.0954. The molecule has 2 aliphatic heterocycles. The molecule has 0 bridgehead atoms. The SMILES string of the molecule is COC(=O)c1c2c(c3ccccc3c1OCCCC1(C)c3cc(-n4c5ccccc5c5ccccc54)ccc3-c3ccc(-n4c5ccccc5c5ccccc54)cc31)OC(c1ccccc1)(c1ccc(N3CCCCC3)cc1)C=C2. The summed E-state index contributed by atoms with van der Waals surface area (Å²) >= 11 is 0. The summed E-state index contributed by atoms with van der Waals surface area (Å²) in [6, 6.07) is 76.4. The maximum Gasteiger partial charge on any atom is 0.342 e. The second-order valence-electron chi connectivity index (χ2n) is 22.1. The summed E-state index contributed by atoms with van der Waals surface area (Å²) in [5.41, 5.74) is 14.8. The van der Waals surface area contributed by atoms with Crippen LogP contribution in [0.4, 0.5) is 5.69 Å². The van der Waals surface area contributed by atoms with Gasteiger partial charge in [-0.1, -0.05) is 159 Å². The molecule has 1 atom stereocenters. The monoisotopic (exact) mass is 1040 g/mol. The van der Waals surface area contributed by atoms with E-state index in [0.717, 1.165) is 52.8 Å². The van der Waals surface area contributed by atoms with Gasteiger partial charge in [0.05, 0.1) is 35.8 Å². The van der Waals surface area contributed by atoms with Crippen molar-refractivity contribution < 1.29 is 19.0 Å². The van der Waals surface area contributed by atoms with Crippen LogP contribution in [0, 0.1) is 0 Å². The minimum atomic E-state index is -0.973. The lowest BCUT2D eigenvalue weighted by Gasteiger charge is -2.38. The molecule has 1 fully saturated rings. The van der Waals surface area contributed by atoms with E-state index in [2.05, 4.69) is 215 Å². The summed E-state index contributed by atoms with van der Waals surface area (Å²) in [6.07, 6.45) is 9.31. The first-order chi connectivity index (χ1) is 39.4. The number of benzene rings is 10. The number of rotatable bonds is 11. The third-order valence-corrected chi connectivity index (χ3v) is 17.7. The number of ether oxygens (including phenoxy) is 3. The molecule has 2 aromatic heterocycles. The second-order valence-corrected chi connectivity index (χ2v) is 22.1. The highest BCUT2D eigenvalue weighted by molar-refractivity contribution is 6.11. The van der Waals surface area contributed by atoms with Gasteiger partial charge < -0.3 is 28.2 Å². The number of aromatic nitrogens is 2. The summed E-state index contributed by atoms with van der Waals surface area (Å²) in [6.45, 7) is 4.91. The van der Waals surface area contributed by atoms with Crippen LogP contribution in [0.25, 0.3) is 83.0 Å². The Bertz CT molecular complexity index is 4200. The molecule has 1 unspecified atom stereocenters. The van der Waals surface area contributed by atoms with Crippen LogP contribution in [-0.2, 0) is 15.8 Å². The number of hydrogen-bond acceptors (Lipinski definition) is 5. The van der Waals surface area contributed by atoms with Gasteiger partial charge in [-0.05, 0) is 127 Å². The van der Waals surface area contributed by atoms with E-state index in [1.54, 1.807) is 0 Å². The number of para-hydroxylation sites is 4. The van der Waals surface area contributed by atoms with Gasteiger partial charge >= 0.3 is 5.97 Å². The molecule has 0 amide bonds. The Morgan fingerprint density at radius 2 is 1.00 bits per heavy atom. The van der Waals surface area contributed by atoms with E-state index in [-0.39, 0.29) is 0 Å². The fourth-order valence-corrected chi connectivity index (χ4v) is 13.9. The number of methoxy groups -OCH3 is 1. The number of carbonyl (C=O) groups excluding carboxylic acids is 1. The Morgan fingerprint density at radius 1 is 0.525 bits per heavy atom. The highest BCUT2D eigenvalue weighted by Crippen LogP contribution is 2.54. The van der Waals surface area contributed by atoms with Gasteiger partial charge in [-0.25, -0.2) is 4.79 Å². The van der Waals surface area contributed by atoms with Gasteiger partial charge in [-0.3, -0.25) is 0 Å². The summed E-state index contributed by atoms with van der Waals surface area (Å²) in [4.78, 5) is 16.9. The molecule has 7 nitrogen and oxygen atoms in total. The number of esters is 1. The maximum atomic E-state index is 14.4. The van der Waals surface area contributed by atoms with E-state index in [1.165, 1.54) is 97.9 Å². The van der Waals surface area contributed by atoms with E-state index in [1.807, 2.05) is 30.3 Å². The van der Waals surface area contributed by atoms with Crippen molar-refractivity contribution >= 4 is 72.1 Å². The molecule has 0 radical (unpaired) electrons. The molecule has 4 heterocycles. The fraction of sp³-hybridized carbons (Fsp3) is 0.164. The molecule has 0 saturated carbocycles. The molecule has 0 spiro atoms. The Morgan fingerprint density at radius 3 is 1.54 bits per heavy atom. The average Bonchev–Trinajstić information content (AvgIpc) is 4.27. The van der Waals surface area contributed by atoms with Crippen molar-refractivity contribution in [2.45, 2.75) is 50.0 Å². The second kappa shape index (κ2) is 18.9. The Kier molecular flexibility index (Phi) is 11.3. The van der Waals surface area contributed by atoms with Crippen molar-refractivity contribution in [1.82, 2.24) is 9.13 Å². The van der Waals surface area contributed by atoms with E-state index in [4.69, 9.17) is 14.2 Å². The predicted octanol–water partition coefficient (Wildman–Crippen LogP) is 17.3. The van der Waals surface area contributed by atoms with Crippen LogP contribution in [0.5, 0.6) is 11.5 Å². The van der Waals surface area contributed by atoms with E-state index >= 15 is 0 Å². The smallest absolute Gasteiger partial charge is 0.342 e. The zero-order chi connectivity index (χ0) is 53.5. The largest absolute Gasteiger partial charge is 0.492 e. The highest BCUT2D eigenvalue weighted by Gasteiger charge is 2.42.